The van der Waals surface area contributed by atoms with Crippen LogP contribution in [0.5, 0.6) is 0 Å². The molecule has 1 heterocycles. The van der Waals surface area contributed by atoms with Gasteiger partial charge in [-0.25, -0.2) is 12.8 Å². The van der Waals surface area contributed by atoms with Gasteiger partial charge < -0.3 is 5.32 Å². The molecule has 0 saturated heterocycles. The Balaban J connectivity index is 1.47. The Morgan fingerprint density at radius 2 is 1.74 bits per heavy atom. The molecule has 1 aromatic heterocycles. The van der Waals surface area contributed by atoms with Crippen LogP contribution in [0.25, 0.3) is 10.1 Å². The van der Waals surface area contributed by atoms with E-state index in [0.717, 1.165) is 39.4 Å². The summed E-state index contributed by atoms with van der Waals surface area (Å²) in [4.78, 5) is 13.4. The number of benzene rings is 3. The molecule has 0 radical (unpaired) electrons. The number of carbonyl (C=O) groups is 1. The van der Waals surface area contributed by atoms with Crippen LogP contribution in [-0.2, 0) is 16.4 Å². The van der Waals surface area contributed by atoms with E-state index in [4.69, 9.17) is 0 Å². The molecule has 0 unspecified atom stereocenters. The molecule has 4 aromatic rings. The second kappa shape index (κ2) is 9.95. The molecule has 3 aromatic carbocycles. The largest absolute Gasteiger partial charge is 0.349 e. The molecular formula is C26H25FN2O3S2. The van der Waals surface area contributed by atoms with E-state index in [1.54, 1.807) is 18.2 Å². The zero-order valence-electron chi connectivity index (χ0n) is 18.9. The molecule has 0 aliphatic carbocycles. The first-order valence-electron chi connectivity index (χ1n) is 10.9. The predicted octanol–water partition coefficient (Wildman–Crippen LogP) is 5.62. The Kier molecular flexibility index (Phi) is 7.00. The molecule has 5 nitrogen and oxygen atoms in total. The number of anilines is 1. The summed E-state index contributed by atoms with van der Waals surface area (Å²) >= 11 is 1.37. The molecule has 34 heavy (non-hydrogen) atoms. The van der Waals surface area contributed by atoms with Gasteiger partial charge in [-0.2, -0.15) is 0 Å². The van der Waals surface area contributed by atoms with Gasteiger partial charge in [0.15, 0.2) is 0 Å². The molecule has 0 saturated carbocycles. The van der Waals surface area contributed by atoms with Gasteiger partial charge in [-0.3, -0.25) is 9.10 Å². The number of fused-ring (bicyclic) bond motifs is 1. The standard InChI is InChI=1S/C26H25FN2O3S2/c1-18(8-9-19-6-4-3-5-7-19)28-26(30)25-17-20-16-22(12-15-24(20)33-25)29(2)34(31,32)23-13-10-21(27)11-14-23/h3-7,10-18H,8-9H2,1-2H3,(H,28,30)/t18-/m1/s1. The lowest BCUT2D eigenvalue weighted by Crippen LogP contribution is -2.32. The molecule has 0 aliphatic rings. The maximum atomic E-state index is 13.2. The van der Waals surface area contributed by atoms with Crippen LogP contribution in [-0.4, -0.2) is 27.4 Å². The molecule has 0 spiro atoms. The number of amides is 1. The number of aryl methyl sites for hydroxylation is 1. The molecule has 0 aliphatic heterocycles. The Labute approximate surface area is 202 Å². The van der Waals surface area contributed by atoms with Crippen molar-refractivity contribution in [1.29, 1.82) is 0 Å². The third-order valence-corrected chi connectivity index (χ3v) is 8.56. The van der Waals surface area contributed by atoms with Crippen molar-refractivity contribution in [3.8, 4) is 0 Å². The average molecular weight is 497 g/mol. The first-order valence-corrected chi connectivity index (χ1v) is 13.1. The van der Waals surface area contributed by atoms with Crippen LogP contribution < -0.4 is 9.62 Å². The van der Waals surface area contributed by atoms with Gasteiger partial charge in [0, 0.05) is 17.8 Å². The fourth-order valence-corrected chi connectivity index (χ4v) is 5.77. The molecule has 1 amide bonds. The van der Waals surface area contributed by atoms with Crippen molar-refractivity contribution < 1.29 is 17.6 Å². The van der Waals surface area contributed by atoms with Gasteiger partial charge >= 0.3 is 0 Å². The number of hydrogen-bond donors (Lipinski definition) is 1. The highest BCUT2D eigenvalue weighted by atomic mass is 32.2. The van der Waals surface area contributed by atoms with Crippen LogP contribution in [0.4, 0.5) is 10.1 Å². The summed E-state index contributed by atoms with van der Waals surface area (Å²) in [6.07, 6.45) is 1.71. The van der Waals surface area contributed by atoms with Crippen molar-refractivity contribution >= 4 is 43.0 Å². The van der Waals surface area contributed by atoms with E-state index in [0.29, 0.717) is 10.6 Å². The quantitative estimate of drug-likeness (QED) is 0.344. The smallest absolute Gasteiger partial charge is 0.264 e. The summed E-state index contributed by atoms with van der Waals surface area (Å²) in [6.45, 7) is 1.99. The highest BCUT2D eigenvalue weighted by molar-refractivity contribution is 7.92. The average Bonchev–Trinajstić information content (AvgIpc) is 3.27. The van der Waals surface area contributed by atoms with Crippen LogP contribution >= 0.6 is 11.3 Å². The number of hydrogen-bond acceptors (Lipinski definition) is 4. The molecule has 176 valence electrons. The summed E-state index contributed by atoms with van der Waals surface area (Å²) in [5.41, 5.74) is 1.69. The third-order valence-electron chi connectivity index (χ3n) is 5.65. The number of nitrogens with zero attached hydrogens (tertiary/aromatic N) is 1. The second-order valence-corrected chi connectivity index (χ2v) is 11.2. The Hall–Kier alpha value is -3.23. The third kappa shape index (κ3) is 5.29. The Morgan fingerprint density at radius 1 is 1.03 bits per heavy atom. The number of halogens is 1. The van der Waals surface area contributed by atoms with Gasteiger partial charge in [0.2, 0.25) is 0 Å². The van der Waals surface area contributed by atoms with Crippen molar-refractivity contribution in [2.75, 3.05) is 11.4 Å². The van der Waals surface area contributed by atoms with Crippen molar-refractivity contribution in [3.05, 3.63) is 95.1 Å². The van der Waals surface area contributed by atoms with E-state index >= 15 is 0 Å². The molecular weight excluding hydrogens is 471 g/mol. The Morgan fingerprint density at radius 3 is 2.44 bits per heavy atom. The van der Waals surface area contributed by atoms with E-state index < -0.39 is 15.8 Å². The summed E-state index contributed by atoms with van der Waals surface area (Å²) in [5, 5.41) is 3.83. The van der Waals surface area contributed by atoms with Crippen LogP contribution in [0.3, 0.4) is 0 Å². The van der Waals surface area contributed by atoms with E-state index in [-0.39, 0.29) is 16.8 Å². The molecule has 1 atom stereocenters. The maximum Gasteiger partial charge on any atom is 0.264 e. The zero-order chi connectivity index (χ0) is 24.3. The van der Waals surface area contributed by atoms with Crippen molar-refractivity contribution in [1.82, 2.24) is 5.32 Å². The highest BCUT2D eigenvalue weighted by Gasteiger charge is 2.22. The molecule has 0 fully saturated rings. The highest BCUT2D eigenvalue weighted by Crippen LogP contribution is 2.31. The predicted molar refractivity (Wildman–Crippen MR) is 136 cm³/mol. The number of nitrogens with one attached hydrogen (secondary N) is 1. The van der Waals surface area contributed by atoms with Crippen molar-refractivity contribution in [2.45, 2.75) is 30.7 Å². The van der Waals surface area contributed by atoms with Crippen LogP contribution in [0.2, 0.25) is 0 Å². The van der Waals surface area contributed by atoms with Gasteiger partial charge in [-0.05, 0) is 79.2 Å². The van der Waals surface area contributed by atoms with Crippen molar-refractivity contribution in [3.63, 3.8) is 0 Å². The van der Waals surface area contributed by atoms with Gasteiger partial charge in [-0.15, -0.1) is 11.3 Å². The second-order valence-electron chi connectivity index (χ2n) is 8.16. The first kappa shape index (κ1) is 23.9. The summed E-state index contributed by atoms with van der Waals surface area (Å²) in [5.74, 6) is -0.642. The normalized spacial score (nSPS) is 12.4. The van der Waals surface area contributed by atoms with Crippen molar-refractivity contribution in [2.24, 2.45) is 0 Å². The Bertz CT molecular complexity index is 1400. The first-order chi connectivity index (χ1) is 16.2. The topological polar surface area (TPSA) is 66.5 Å². The van der Waals surface area contributed by atoms with E-state index in [1.165, 1.54) is 36.1 Å². The maximum absolute atomic E-state index is 13.2. The number of rotatable bonds is 8. The van der Waals surface area contributed by atoms with E-state index in [2.05, 4.69) is 17.4 Å². The molecule has 8 heteroatoms. The number of sulfonamides is 1. The van der Waals surface area contributed by atoms with E-state index in [1.807, 2.05) is 31.2 Å². The van der Waals surface area contributed by atoms with E-state index in [9.17, 15) is 17.6 Å². The summed E-state index contributed by atoms with van der Waals surface area (Å²) < 4.78 is 41.1. The van der Waals surface area contributed by atoms with Gasteiger partial charge in [0.25, 0.3) is 15.9 Å². The van der Waals surface area contributed by atoms with Crippen LogP contribution in [0.1, 0.15) is 28.6 Å². The minimum Gasteiger partial charge on any atom is -0.349 e. The van der Waals surface area contributed by atoms with Crippen LogP contribution in [0, 0.1) is 5.82 Å². The fraction of sp³-hybridized carbons (Fsp3) is 0.192. The molecule has 4 rings (SSSR count). The van der Waals surface area contributed by atoms with Gasteiger partial charge in [0.05, 0.1) is 15.5 Å². The van der Waals surface area contributed by atoms with Crippen LogP contribution in [0.15, 0.2) is 83.8 Å². The minimum absolute atomic E-state index is 0.00590. The van der Waals surface area contributed by atoms with Gasteiger partial charge in [0.1, 0.15) is 5.82 Å². The zero-order valence-corrected chi connectivity index (χ0v) is 20.5. The minimum atomic E-state index is -3.84. The lowest BCUT2D eigenvalue weighted by Gasteiger charge is -2.19. The summed E-state index contributed by atoms with van der Waals surface area (Å²) in [6, 6.07) is 21.9. The number of thiophene rings is 1. The number of carbonyl (C=O) groups excluding carboxylic acids is 1. The monoisotopic (exact) mass is 496 g/mol. The van der Waals surface area contributed by atoms with Gasteiger partial charge in [-0.1, -0.05) is 30.3 Å². The SMILES string of the molecule is C[C@H](CCc1ccccc1)NC(=O)c1cc2cc(N(C)S(=O)(=O)c3ccc(F)cc3)ccc2s1. The lowest BCUT2D eigenvalue weighted by molar-refractivity contribution is 0.0942. The summed E-state index contributed by atoms with van der Waals surface area (Å²) in [7, 11) is -2.39. The fourth-order valence-electron chi connectivity index (χ4n) is 3.64. The lowest BCUT2D eigenvalue weighted by atomic mass is 10.1. The molecule has 0 bridgehead atoms. The molecule has 1 N–H and O–H groups in total.